The molecular weight excluding hydrogens is 600 g/mol. The van der Waals surface area contributed by atoms with Crippen LogP contribution < -0.4 is 0 Å². The molecule has 0 aliphatic heterocycles. The fourth-order valence-electron chi connectivity index (χ4n) is 4.10. The van der Waals surface area contributed by atoms with E-state index in [4.69, 9.17) is 4.42 Å². The standard InChI is InChI=1S/C10H12S2.C8H12O.C8H12S.C8H12Se/c1-5-7(3)11-10-6(2)8(4)12-9(5)10;3*1-5-6(2)8(4)9-7(5)3/h1-4H3;3*1-4H3. The molecule has 1 nitrogen and oxygen atoms in total. The summed E-state index contributed by atoms with van der Waals surface area (Å²) in [5.74, 6) is 2.09. The third-order valence-corrected chi connectivity index (χ3v) is 14.8. The molecule has 5 rings (SSSR count). The molecule has 0 atom stereocenters. The minimum absolute atomic E-state index is 0.689. The summed E-state index contributed by atoms with van der Waals surface area (Å²) < 4.78 is 11.6. The van der Waals surface area contributed by atoms with Gasteiger partial charge in [0.1, 0.15) is 11.5 Å². The van der Waals surface area contributed by atoms with Gasteiger partial charge in [0, 0.05) is 28.9 Å². The summed E-state index contributed by atoms with van der Waals surface area (Å²) in [5, 5.41) is 0. The number of rotatable bonds is 0. The van der Waals surface area contributed by atoms with Gasteiger partial charge in [-0.3, -0.25) is 0 Å². The van der Waals surface area contributed by atoms with Crippen molar-refractivity contribution in [3.8, 4) is 0 Å². The Balaban J connectivity index is 0.000000184. The zero-order valence-electron chi connectivity index (χ0n) is 27.0. The van der Waals surface area contributed by atoms with Gasteiger partial charge in [0.2, 0.25) is 0 Å². The number of thiophene rings is 3. The van der Waals surface area contributed by atoms with Crippen molar-refractivity contribution in [1.82, 2.24) is 0 Å². The van der Waals surface area contributed by atoms with E-state index in [0.29, 0.717) is 14.5 Å². The van der Waals surface area contributed by atoms with Gasteiger partial charge in [0.25, 0.3) is 0 Å². The van der Waals surface area contributed by atoms with Gasteiger partial charge >= 0.3 is 62.2 Å². The maximum atomic E-state index is 5.34. The van der Waals surface area contributed by atoms with E-state index in [-0.39, 0.29) is 0 Å². The normalized spacial score (nSPS) is 10.6. The van der Waals surface area contributed by atoms with Crippen molar-refractivity contribution in [1.29, 1.82) is 0 Å². The molecule has 5 heteroatoms. The second-order valence-electron chi connectivity index (χ2n) is 10.6. The number of hydrogen-bond donors (Lipinski definition) is 0. The summed E-state index contributed by atoms with van der Waals surface area (Å²) in [6, 6.07) is 0. The van der Waals surface area contributed by atoms with E-state index in [1.807, 2.05) is 47.9 Å². The monoisotopic (exact) mass is 648 g/mol. The van der Waals surface area contributed by atoms with E-state index in [0.717, 1.165) is 11.5 Å². The minimum atomic E-state index is 0.689. The summed E-state index contributed by atoms with van der Waals surface area (Å²) in [5.41, 5.74) is 11.5. The van der Waals surface area contributed by atoms with E-state index >= 15 is 0 Å². The molecule has 0 aliphatic rings. The molecule has 0 aliphatic carbocycles. The van der Waals surface area contributed by atoms with E-state index in [2.05, 4.69) is 96.9 Å². The van der Waals surface area contributed by atoms with E-state index < -0.39 is 0 Å². The first-order valence-corrected chi connectivity index (χ1v) is 17.7. The summed E-state index contributed by atoms with van der Waals surface area (Å²) in [6.45, 7) is 34.7. The quantitative estimate of drug-likeness (QED) is 0.152. The third kappa shape index (κ3) is 7.89. The Morgan fingerprint density at radius 3 is 0.846 bits per heavy atom. The fraction of sp³-hybridized carbons (Fsp3) is 0.471. The van der Waals surface area contributed by atoms with Gasteiger partial charge in [-0.2, -0.15) is 0 Å². The van der Waals surface area contributed by atoms with Crippen LogP contribution in [0.15, 0.2) is 4.42 Å². The van der Waals surface area contributed by atoms with Gasteiger partial charge in [-0.15, -0.1) is 34.0 Å². The van der Waals surface area contributed by atoms with Crippen molar-refractivity contribution < 1.29 is 4.42 Å². The van der Waals surface area contributed by atoms with E-state index in [9.17, 15) is 0 Å². The van der Waals surface area contributed by atoms with Gasteiger partial charge in [-0.1, -0.05) is 0 Å². The zero-order valence-corrected chi connectivity index (χ0v) is 31.2. The average Bonchev–Trinajstić information content (AvgIpc) is 3.55. The van der Waals surface area contributed by atoms with Crippen molar-refractivity contribution in [2.45, 2.75) is 111 Å². The molecule has 39 heavy (non-hydrogen) atoms. The largest absolute Gasteiger partial charge is 0.466 e. The Morgan fingerprint density at radius 2 is 0.667 bits per heavy atom. The second-order valence-corrected chi connectivity index (χ2v) is 17.5. The van der Waals surface area contributed by atoms with Crippen LogP contribution in [-0.4, -0.2) is 14.5 Å². The molecule has 0 N–H and O–H groups in total. The Labute approximate surface area is 256 Å². The van der Waals surface area contributed by atoms with Crippen molar-refractivity contribution in [2.24, 2.45) is 0 Å². The molecule has 0 unspecified atom stereocenters. The summed E-state index contributed by atoms with van der Waals surface area (Å²) >= 11 is 6.46. The molecule has 5 aromatic heterocycles. The Kier molecular flexibility index (Phi) is 12.2. The van der Waals surface area contributed by atoms with Gasteiger partial charge in [-0.25, -0.2) is 0 Å². The maximum Gasteiger partial charge on any atom is 0.104 e. The van der Waals surface area contributed by atoms with Crippen LogP contribution in [0.2, 0.25) is 0 Å². The number of fused-ring (bicyclic) bond motifs is 1. The first-order valence-electron chi connectivity index (χ1n) is 13.5. The predicted molar refractivity (Wildman–Crippen MR) is 182 cm³/mol. The topological polar surface area (TPSA) is 13.1 Å². The summed E-state index contributed by atoms with van der Waals surface area (Å²) in [7, 11) is 0. The maximum absolute atomic E-state index is 5.34. The van der Waals surface area contributed by atoms with Gasteiger partial charge in [0.05, 0.1) is 0 Å². The number of hydrogen-bond acceptors (Lipinski definition) is 4. The smallest absolute Gasteiger partial charge is 0.104 e. The molecule has 0 spiro atoms. The van der Waals surface area contributed by atoms with Crippen LogP contribution >= 0.6 is 34.0 Å². The van der Waals surface area contributed by atoms with Crippen molar-refractivity contribution in [3.63, 3.8) is 0 Å². The molecule has 0 aromatic carbocycles. The Hall–Kier alpha value is -1.36. The predicted octanol–water partition coefficient (Wildman–Crippen LogP) is 11.7. The summed E-state index contributed by atoms with van der Waals surface area (Å²) in [4.78, 5) is 5.87. The van der Waals surface area contributed by atoms with Crippen molar-refractivity contribution >= 4 is 57.9 Å². The molecule has 214 valence electrons. The molecule has 0 saturated heterocycles. The molecule has 0 saturated carbocycles. The van der Waals surface area contributed by atoms with Crippen molar-refractivity contribution in [2.75, 3.05) is 0 Å². The first kappa shape index (κ1) is 33.8. The molecule has 5 heterocycles. The van der Waals surface area contributed by atoms with Crippen LogP contribution in [0.5, 0.6) is 0 Å². The van der Waals surface area contributed by atoms with Crippen LogP contribution in [0.1, 0.15) is 84.4 Å². The molecule has 5 aromatic rings. The van der Waals surface area contributed by atoms with Crippen molar-refractivity contribution in [3.05, 3.63) is 84.4 Å². The Morgan fingerprint density at radius 1 is 0.359 bits per heavy atom. The van der Waals surface area contributed by atoms with Crippen LogP contribution in [0.4, 0.5) is 0 Å². The molecule has 0 radical (unpaired) electrons. The SMILES string of the molecule is Cc1[se]c(C)c(C)c1C.Cc1oc(C)c(C)c1C.Cc1sc(C)c(C)c1C.Cc1sc2c(C)c(C)sc2c1C. The first-order chi connectivity index (χ1) is 18.0. The fourth-order valence-corrected chi connectivity index (χ4v) is 10.0. The van der Waals surface area contributed by atoms with Crippen LogP contribution in [-0.2, 0) is 0 Å². The van der Waals surface area contributed by atoms with Gasteiger partial charge in [0.15, 0.2) is 0 Å². The number of furan rings is 1. The van der Waals surface area contributed by atoms with E-state index in [1.54, 1.807) is 8.87 Å². The molecule has 0 bridgehead atoms. The molecular formula is C34H48OS3Se. The molecule has 0 fully saturated rings. The second kappa shape index (κ2) is 14.0. The number of aryl methyl sites for hydroxylation is 10. The Bertz CT molecular complexity index is 1330. The van der Waals surface area contributed by atoms with Crippen LogP contribution in [0, 0.1) is 111 Å². The van der Waals surface area contributed by atoms with Gasteiger partial charge in [-0.05, 0) is 116 Å². The van der Waals surface area contributed by atoms with E-state index in [1.165, 1.54) is 73.4 Å². The average molecular weight is 648 g/mol. The van der Waals surface area contributed by atoms with Crippen LogP contribution in [0.25, 0.3) is 9.40 Å². The van der Waals surface area contributed by atoms with Gasteiger partial charge < -0.3 is 4.42 Å². The zero-order chi connectivity index (χ0) is 29.9. The summed E-state index contributed by atoms with van der Waals surface area (Å²) in [6.07, 6.45) is 0. The molecule has 0 amide bonds. The van der Waals surface area contributed by atoms with Crippen LogP contribution in [0.3, 0.4) is 0 Å². The minimum Gasteiger partial charge on any atom is -0.466 e. The third-order valence-electron chi connectivity index (χ3n) is 8.23.